The summed E-state index contributed by atoms with van der Waals surface area (Å²) in [6.07, 6.45) is 2.97. The summed E-state index contributed by atoms with van der Waals surface area (Å²) in [5, 5.41) is 9.57. The summed E-state index contributed by atoms with van der Waals surface area (Å²) < 4.78 is 0. The SMILES string of the molecule is CC(c1ccc(Cl)cc1)N1CCCN(C)C1=NC#N. The molecule has 4 nitrogen and oxygen atoms in total. The van der Waals surface area contributed by atoms with Crippen molar-refractivity contribution in [2.45, 2.75) is 19.4 Å². The Balaban J connectivity index is 2.26. The van der Waals surface area contributed by atoms with Gasteiger partial charge in [0.05, 0.1) is 6.04 Å². The third kappa shape index (κ3) is 2.99. The molecule has 1 aliphatic rings. The van der Waals surface area contributed by atoms with Gasteiger partial charge in [-0.05, 0) is 31.0 Å². The van der Waals surface area contributed by atoms with Crippen LogP contribution in [0.5, 0.6) is 0 Å². The number of nitrogens with zero attached hydrogens (tertiary/aromatic N) is 4. The van der Waals surface area contributed by atoms with Crippen molar-refractivity contribution in [3.63, 3.8) is 0 Å². The van der Waals surface area contributed by atoms with Gasteiger partial charge in [-0.15, -0.1) is 4.99 Å². The average molecular weight is 277 g/mol. The topological polar surface area (TPSA) is 42.6 Å². The first-order chi connectivity index (χ1) is 9.13. The van der Waals surface area contributed by atoms with E-state index in [1.54, 1.807) is 0 Å². The lowest BCUT2D eigenvalue weighted by Gasteiger charge is -2.40. The zero-order valence-electron chi connectivity index (χ0n) is 11.2. The van der Waals surface area contributed by atoms with Crippen LogP contribution < -0.4 is 0 Å². The molecule has 0 spiro atoms. The van der Waals surface area contributed by atoms with Gasteiger partial charge in [0, 0.05) is 25.2 Å². The van der Waals surface area contributed by atoms with E-state index in [1.165, 1.54) is 5.56 Å². The number of aliphatic imine (C=N–C) groups is 1. The maximum Gasteiger partial charge on any atom is 0.212 e. The van der Waals surface area contributed by atoms with E-state index >= 15 is 0 Å². The molecule has 0 aliphatic carbocycles. The van der Waals surface area contributed by atoms with E-state index in [1.807, 2.05) is 42.4 Å². The molecule has 19 heavy (non-hydrogen) atoms. The second kappa shape index (κ2) is 5.94. The Bertz CT molecular complexity index is 503. The van der Waals surface area contributed by atoms with E-state index in [9.17, 15) is 0 Å². The molecule has 1 aromatic carbocycles. The van der Waals surface area contributed by atoms with Crippen molar-refractivity contribution in [3.05, 3.63) is 34.9 Å². The van der Waals surface area contributed by atoms with Crippen LogP contribution >= 0.6 is 11.6 Å². The predicted molar refractivity (Wildman–Crippen MR) is 76.9 cm³/mol. The third-order valence-electron chi connectivity index (χ3n) is 3.46. The Morgan fingerprint density at radius 3 is 2.63 bits per heavy atom. The minimum atomic E-state index is 0.173. The molecular weight excluding hydrogens is 260 g/mol. The van der Waals surface area contributed by atoms with Crippen LogP contribution in [0.2, 0.25) is 5.02 Å². The Morgan fingerprint density at radius 1 is 1.32 bits per heavy atom. The summed E-state index contributed by atoms with van der Waals surface area (Å²) in [4.78, 5) is 8.15. The number of rotatable bonds is 2. The Hall–Kier alpha value is -1.73. The molecule has 0 N–H and O–H groups in total. The molecule has 0 aromatic heterocycles. The monoisotopic (exact) mass is 276 g/mol. The van der Waals surface area contributed by atoms with Crippen LogP contribution in [0.15, 0.2) is 29.3 Å². The minimum Gasteiger partial charge on any atom is -0.345 e. The Kier molecular flexibility index (Phi) is 4.28. The van der Waals surface area contributed by atoms with Gasteiger partial charge in [0.2, 0.25) is 12.2 Å². The average Bonchev–Trinajstić information content (AvgIpc) is 2.41. The molecule has 0 bridgehead atoms. The Labute approximate surface area is 118 Å². The van der Waals surface area contributed by atoms with Gasteiger partial charge < -0.3 is 9.80 Å². The molecule has 0 saturated carbocycles. The molecule has 2 rings (SSSR count). The highest BCUT2D eigenvalue weighted by atomic mass is 35.5. The summed E-state index contributed by atoms with van der Waals surface area (Å²) in [6.45, 7) is 3.97. The van der Waals surface area contributed by atoms with Crippen LogP contribution in [0.4, 0.5) is 0 Å². The van der Waals surface area contributed by atoms with Crippen LogP contribution in [-0.4, -0.2) is 35.9 Å². The highest BCUT2D eigenvalue weighted by Gasteiger charge is 2.26. The maximum atomic E-state index is 8.83. The van der Waals surface area contributed by atoms with Gasteiger partial charge >= 0.3 is 0 Å². The number of benzene rings is 1. The molecule has 1 aliphatic heterocycles. The minimum absolute atomic E-state index is 0.173. The van der Waals surface area contributed by atoms with E-state index in [2.05, 4.69) is 16.8 Å². The number of hydrogen-bond donors (Lipinski definition) is 0. The summed E-state index contributed by atoms with van der Waals surface area (Å²) in [6, 6.07) is 7.99. The number of halogens is 1. The molecule has 1 unspecified atom stereocenters. The maximum absolute atomic E-state index is 8.83. The zero-order chi connectivity index (χ0) is 13.8. The van der Waals surface area contributed by atoms with Crippen molar-refractivity contribution in [2.24, 2.45) is 4.99 Å². The number of hydrogen-bond acceptors (Lipinski definition) is 2. The summed E-state index contributed by atoms with van der Waals surface area (Å²) >= 11 is 5.92. The van der Waals surface area contributed by atoms with Crippen LogP contribution in [0.25, 0.3) is 0 Å². The normalized spacial score (nSPS) is 19.4. The molecule has 100 valence electrons. The largest absolute Gasteiger partial charge is 0.345 e. The number of guanidine groups is 1. The summed E-state index contributed by atoms with van der Waals surface area (Å²) in [5.74, 6) is 0.746. The van der Waals surface area contributed by atoms with Crippen molar-refractivity contribution in [1.82, 2.24) is 9.80 Å². The van der Waals surface area contributed by atoms with E-state index in [4.69, 9.17) is 16.9 Å². The summed E-state index contributed by atoms with van der Waals surface area (Å²) in [5.41, 5.74) is 1.17. The highest BCUT2D eigenvalue weighted by Crippen LogP contribution is 2.25. The first-order valence-electron chi connectivity index (χ1n) is 6.33. The van der Waals surface area contributed by atoms with Crippen LogP contribution in [-0.2, 0) is 0 Å². The first-order valence-corrected chi connectivity index (χ1v) is 6.71. The van der Waals surface area contributed by atoms with Gasteiger partial charge in [-0.1, -0.05) is 23.7 Å². The van der Waals surface area contributed by atoms with Crippen LogP contribution in [0, 0.1) is 11.5 Å². The molecule has 1 heterocycles. The fourth-order valence-corrected chi connectivity index (χ4v) is 2.51. The summed E-state index contributed by atoms with van der Waals surface area (Å²) in [7, 11) is 1.97. The van der Waals surface area contributed by atoms with Crippen LogP contribution in [0.3, 0.4) is 0 Å². The number of nitriles is 1. The highest BCUT2D eigenvalue weighted by molar-refractivity contribution is 6.30. The molecular formula is C14H17ClN4. The molecule has 0 radical (unpaired) electrons. The molecule has 0 amide bonds. The van der Waals surface area contributed by atoms with Gasteiger partial charge in [-0.3, -0.25) is 0 Å². The molecule has 1 fully saturated rings. The van der Waals surface area contributed by atoms with Gasteiger partial charge in [0.15, 0.2) is 0 Å². The lowest BCUT2D eigenvalue weighted by atomic mass is 10.1. The van der Waals surface area contributed by atoms with Crippen molar-refractivity contribution >= 4 is 17.6 Å². The second-order valence-corrected chi connectivity index (χ2v) is 5.14. The Morgan fingerprint density at radius 2 is 2.00 bits per heavy atom. The lowest BCUT2D eigenvalue weighted by Crippen LogP contribution is -2.49. The van der Waals surface area contributed by atoms with Crippen molar-refractivity contribution in [3.8, 4) is 6.19 Å². The van der Waals surface area contributed by atoms with Gasteiger partial charge in [0.1, 0.15) is 0 Å². The van der Waals surface area contributed by atoms with Gasteiger partial charge in [-0.2, -0.15) is 5.26 Å². The van der Waals surface area contributed by atoms with E-state index in [-0.39, 0.29) is 6.04 Å². The molecule has 5 heteroatoms. The van der Waals surface area contributed by atoms with Crippen molar-refractivity contribution < 1.29 is 0 Å². The van der Waals surface area contributed by atoms with Crippen molar-refractivity contribution in [1.29, 1.82) is 5.26 Å². The van der Waals surface area contributed by atoms with E-state index in [0.29, 0.717) is 0 Å². The van der Waals surface area contributed by atoms with Crippen LogP contribution in [0.1, 0.15) is 24.9 Å². The van der Waals surface area contributed by atoms with Crippen molar-refractivity contribution in [2.75, 3.05) is 20.1 Å². The lowest BCUT2D eigenvalue weighted by molar-refractivity contribution is 0.239. The van der Waals surface area contributed by atoms with E-state index < -0.39 is 0 Å². The smallest absolute Gasteiger partial charge is 0.212 e. The van der Waals surface area contributed by atoms with E-state index in [0.717, 1.165) is 30.5 Å². The van der Waals surface area contributed by atoms with Gasteiger partial charge in [-0.25, -0.2) is 0 Å². The third-order valence-corrected chi connectivity index (χ3v) is 3.71. The standard InChI is InChI=1S/C14H17ClN4/c1-11(12-4-6-13(15)7-5-12)19-9-3-8-18(2)14(19)17-10-16/h4-7,11H,3,8-9H2,1-2H3. The zero-order valence-corrected chi connectivity index (χ0v) is 11.9. The molecule has 1 saturated heterocycles. The second-order valence-electron chi connectivity index (χ2n) is 4.71. The molecule has 1 atom stereocenters. The predicted octanol–water partition coefficient (Wildman–Crippen LogP) is 2.88. The van der Waals surface area contributed by atoms with Gasteiger partial charge in [0.25, 0.3) is 0 Å². The molecule has 1 aromatic rings. The first kappa shape index (κ1) is 13.7. The fourth-order valence-electron chi connectivity index (χ4n) is 2.38. The quantitative estimate of drug-likeness (QED) is 0.780. The fraction of sp³-hybridized carbons (Fsp3) is 0.429.